The van der Waals surface area contributed by atoms with Gasteiger partial charge >= 0.3 is 0 Å². The van der Waals surface area contributed by atoms with Gasteiger partial charge in [0, 0.05) is 28.5 Å². The van der Waals surface area contributed by atoms with Crippen molar-refractivity contribution in [3.63, 3.8) is 0 Å². The van der Waals surface area contributed by atoms with Crippen LogP contribution in [0.2, 0.25) is 0 Å². The largest absolute Gasteiger partial charge is 0.271 e. The van der Waals surface area contributed by atoms with Crippen LogP contribution in [0, 0.1) is 13.8 Å². The maximum absolute atomic E-state index is 5.83. The summed E-state index contributed by atoms with van der Waals surface area (Å²) in [6.45, 7) is 3.98. The second-order valence-corrected chi connectivity index (χ2v) is 5.21. The third-order valence-corrected chi connectivity index (χ3v) is 3.58. The summed E-state index contributed by atoms with van der Waals surface area (Å²) in [5.41, 5.74) is 8.02. The molecule has 21 heavy (non-hydrogen) atoms. The van der Waals surface area contributed by atoms with Crippen LogP contribution in [-0.4, -0.2) is 9.97 Å². The van der Waals surface area contributed by atoms with Crippen molar-refractivity contribution >= 4 is 10.9 Å². The topological polar surface area (TPSA) is 63.8 Å². The fourth-order valence-corrected chi connectivity index (χ4v) is 2.76. The summed E-state index contributed by atoms with van der Waals surface area (Å²) in [5.74, 6) is 5.83. The lowest BCUT2D eigenvalue weighted by molar-refractivity contribution is 0.638. The van der Waals surface area contributed by atoms with Crippen molar-refractivity contribution in [1.82, 2.24) is 15.4 Å². The maximum atomic E-state index is 5.83. The number of aryl methyl sites for hydroxylation is 2. The van der Waals surface area contributed by atoms with Crippen LogP contribution < -0.4 is 11.3 Å². The van der Waals surface area contributed by atoms with Gasteiger partial charge in [-0.1, -0.05) is 24.3 Å². The molecule has 0 spiro atoms. The molecule has 2 heterocycles. The molecule has 0 amide bonds. The first-order valence-electron chi connectivity index (χ1n) is 6.94. The number of fused-ring (bicyclic) bond motifs is 1. The van der Waals surface area contributed by atoms with Crippen LogP contribution in [0.5, 0.6) is 0 Å². The highest BCUT2D eigenvalue weighted by Gasteiger charge is 2.16. The van der Waals surface area contributed by atoms with E-state index in [-0.39, 0.29) is 6.04 Å². The van der Waals surface area contributed by atoms with Gasteiger partial charge in [-0.2, -0.15) is 0 Å². The number of hydrogen-bond acceptors (Lipinski definition) is 4. The van der Waals surface area contributed by atoms with E-state index in [1.54, 1.807) is 0 Å². The summed E-state index contributed by atoms with van der Waals surface area (Å²) >= 11 is 0. The Balaban J connectivity index is 2.18. The highest BCUT2D eigenvalue weighted by Crippen LogP contribution is 2.27. The van der Waals surface area contributed by atoms with Gasteiger partial charge in [-0.15, -0.1) is 0 Å². The smallest absolute Gasteiger partial charge is 0.0753 e. The normalized spacial score (nSPS) is 12.5. The van der Waals surface area contributed by atoms with Gasteiger partial charge < -0.3 is 0 Å². The summed E-state index contributed by atoms with van der Waals surface area (Å²) in [7, 11) is 0. The Bertz CT molecular complexity index is 757. The summed E-state index contributed by atoms with van der Waals surface area (Å²) in [6, 6.07) is 14.2. The minimum atomic E-state index is -0.107. The van der Waals surface area contributed by atoms with Crippen molar-refractivity contribution in [3.05, 3.63) is 71.2 Å². The van der Waals surface area contributed by atoms with Crippen molar-refractivity contribution in [2.24, 2.45) is 5.84 Å². The van der Waals surface area contributed by atoms with Crippen LogP contribution in [0.15, 0.2) is 48.7 Å². The van der Waals surface area contributed by atoms with E-state index in [1.807, 2.05) is 32.2 Å². The zero-order chi connectivity index (χ0) is 14.8. The molecule has 0 saturated heterocycles. The second-order valence-electron chi connectivity index (χ2n) is 5.21. The SMILES string of the molecule is Cc1cc(C(NN)c2cccc3cccnc23)cc(C)n1. The van der Waals surface area contributed by atoms with Gasteiger partial charge in [0.2, 0.25) is 0 Å². The lowest BCUT2D eigenvalue weighted by atomic mass is 9.96. The molecule has 0 fully saturated rings. The molecule has 3 N–H and O–H groups in total. The Morgan fingerprint density at radius 1 is 1.05 bits per heavy atom. The van der Waals surface area contributed by atoms with E-state index in [2.05, 4.69) is 45.7 Å². The molecule has 1 aromatic carbocycles. The van der Waals surface area contributed by atoms with Gasteiger partial charge in [-0.25, -0.2) is 5.43 Å². The maximum Gasteiger partial charge on any atom is 0.0753 e. The predicted octanol–water partition coefficient (Wildman–Crippen LogP) is 2.80. The van der Waals surface area contributed by atoms with E-state index >= 15 is 0 Å². The zero-order valence-corrected chi connectivity index (χ0v) is 12.2. The molecule has 4 nitrogen and oxygen atoms in total. The molecule has 106 valence electrons. The molecule has 3 rings (SSSR count). The third kappa shape index (κ3) is 2.63. The van der Waals surface area contributed by atoms with Crippen molar-refractivity contribution in [1.29, 1.82) is 0 Å². The Kier molecular flexibility index (Phi) is 3.64. The molecule has 4 heteroatoms. The van der Waals surface area contributed by atoms with Gasteiger partial charge in [0.1, 0.15) is 0 Å². The first kappa shape index (κ1) is 13.7. The number of pyridine rings is 2. The Labute approximate surface area is 124 Å². The number of rotatable bonds is 3. The summed E-state index contributed by atoms with van der Waals surface area (Å²) in [6.07, 6.45) is 1.81. The number of benzene rings is 1. The quantitative estimate of drug-likeness (QED) is 0.571. The van der Waals surface area contributed by atoms with Crippen molar-refractivity contribution < 1.29 is 0 Å². The van der Waals surface area contributed by atoms with Gasteiger partial charge in [-0.3, -0.25) is 15.8 Å². The summed E-state index contributed by atoms with van der Waals surface area (Å²) in [5, 5.41) is 1.11. The molecule has 3 aromatic rings. The summed E-state index contributed by atoms with van der Waals surface area (Å²) in [4.78, 5) is 8.93. The summed E-state index contributed by atoms with van der Waals surface area (Å²) < 4.78 is 0. The number of hydrazine groups is 1. The molecule has 0 aliphatic rings. The minimum absolute atomic E-state index is 0.107. The van der Waals surface area contributed by atoms with E-state index in [9.17, 15) is 0 Å². The highest BCUT2D eigenvalue weighted by molar-refractivity contribution is 5.82. The predicted molar refractivity (Wildman–Crippen MR) is 84.6 cm³/mol. The Hall–Kier alpha value is -2.30. The van der Waals surface area contributed by atoms with Crippen LogP contribution >= 0.6 is 0 Å². The molecule has 1 unspecified atom stereocenters. The van der Waals surface area contributed by atoms with E-state index in [4.69, 9.17) is 5.84 Å². The monoisotopic (exact) mass is 278 g/mol. The molecule has 0 aliphatic heterocycles. The van der Waals surface area contributed by atoms with Crippen LogP contribution in [0.3, 0.4) is 0 Å². The standard InChI is InChI=1S/C17H18N4/c1-11-9-14(10-12(2)20-11)17(21-18)15-7-3-5-13-6-4-8-19-16(13)15/h3-10,17,21H,18H2,1-2H3. The second kappa shape index (κ2) is 5.60. The lowest BCUT2D eigenvalue weighted by Crippen LogP contribution is -2.29. The Morgan fingerprint density at radius 3 is 2.48 bits per heavy atom. The van der Waals surface area contributed by atoms with Crippen LogP contribution in [0.1, 0.15) is 28.6 Å². The number of nitrogens with zero attached hydrogens (tertiary/aromatic N) is 2. The minimum Gasteiger partial charge on any atom is -0.271 e. The zero-order valence-electron chi connectivity index (χ0n) is 12.2. The molecular formula is C17H18N4. The van der Waals surface area contributed by atoms with E-state index in [1.165, 1.54) is 0 Å². The molecule has 0 saturated carbocycles. The fraction of sp³-hybridized carbons (Fsp3) is 0.176. The molecule has 0 radical (unpaired) electrons. The fourth-order valence-electron chi connectivity index (χ4n) is 2.76. The van der Waals surface area contributed by atoms with E-state index in [0.717, 1.165) is 33.4 Å². The highest BCUT2D eigenvalue weighted by atomic mass is 15.2. The average Bonchev–Trinajstić information content (AvgIpc) is 2.47. The number of aromatic nitrogens is 2. The number of hydrogen-bond donors (Lipinski definition) is 2. The van der Waals surface area contributed by atoms with Gasteiger partial charge in [-0.05, 0) is 37.6 Å². The number of para-hydroxylation sites is 1. The first-order valence-corrected chi connectivity index (χ1v) is 6.94. The van der Waals surface area contributed by atoms with E-state index in [0.29, 0.717) is 0 Å². The average molecular weight is 278 g/mol. The molecule has 2 aromatic heterocycles. The van der Waals surface area contributed by atoms with Crippen LogP contribution in [0.4, 0.5) is 0 Å². The van der Waals surface area contributed by atoms with Crippen molar-refractivity contribution in [3.8, 4) is 0 Å². The van der Waals surface area contributed by atoms with Gasteiger partial charge in [0.05, 0.1) is 11.6 Å². The lowest BCUT2D eigenvalue weighted by Gasteiger charge is -2.19. The molecule has 0 bridgehead atoms. The van der Waals surface area contributed by atoms with Crippen molar-refractivity contribution in [2.75, 3.05) is 0 Å². The third-order valence-electron chi connectivity index (χ3n) is 3.58. The number of nitrogens with two attached hydrogens (primary N) is 1. The Morgan fingerprint density at radius 2 is 1.76 bits per heavy atom. The first-order chi connectivity index (χ1) is 10.2. The van der Waals surface area contributed by atoms with Gasteiger partial charge in [0.25, 0.3) is 0 Å². The van der Waals surface area contributed by atoms with E-state index < -0.39 is 0 Å². The molecular weight excluding hydrogens is 260 g/mol. The molecule has 1 atom stereocenters. The van der Waals surface area contributed by atoms with Crippen LogP contribution in [-0.2, 0) is 0 Å². The van der Waals surface area contributed by atoms with Gasteiger partial charge in [0.15, 0.2) is 0 Å². The van der Waals surface area contributed by atoms with Crippen molar-refractivity contribution in [2.45, 2.75) is 19.9 Å². The number of nitrogens with one attached hydrogen (secondary N) is 1. The molecule has 0 aliphatic carbocycles. The van der Waals surface area contributed by atoms with Crippen LogP contribution in [0.25, 0.3) is 10.9 Å².